The lowest BCUT2D eigenvalue weighted by Crippen LogP contribution is -2.30. The molecule has 2 heterocycles. The lowest BCUT2D eigenvalue weighted by molar-refractivity contribution is -0.274. The van der Waals surface area contributed by atoms with E-state index in [2.05, 4.69) is 15.2 Å². The number of carbonyl (C=O) groups excluding carboxylic acids is 2. The molecule has 0 saturated heterocycles. The fourth-order valence-corrected chi connectivity index (χ4v) is 4.05. The lowest BCUT2D eigenvalue weighted by atomic mass is 10.1. The Morgan fingerprint density at radius 1 is 0.889 bits per heavy atom. The maximum atomic E-state index is 13.5. The Morgan fingerprint density at radius 2 is 1.61 bits per heavy atom. The van der Waals surface area contributed by atoms with E-state index in [1.807, 2.05) is 35.0 Å². The summed E-state index contributed by atoms with van der Waals surface area (Å²) in [6, 6.07) is 20.7. The van der Waals surface area contributed by atoms with Crippen LogP contribution >= 0.6 is 0 Å². The number of halogens is 3. The van der Waals surface area contributed by atoms with Crippen molar-refractivity contribution in [2.45, 2.75) is 19.5 Å². The smallest absolute Gasteiger partial charge is 0.405 e. The summed E-state index contributed by atoms with van der Waals surface area (Å²) in [4.78, 5) is 27.8. The number of amides is 2. The summed E-state index contributed by atoms with van der Waals surface area (Å²) in [6.45, 7) is 0.886. The number of hydrogen-bond acceptors (Lipinski definition) is 4. The Morgan fingerprint density at radius 3 is 2.39 bits per heavy atom. The van der Waals surface area contributed by atoms with Crippen LogP contribution in [0.5, 0.6) is 5.75 Å². The summed E-state index contributed by atoms with van der Waals surface area (Å²) in [5, 5.41) is 6.88. The number of anilines is 2. The average Bonchev–Trinajstić information content (AvgIpc) is 3.22. The first-order valence-electron chi connectivity index (χ1n) is 11.0. The quantitative estimate of drug-likeness (QED) is 0.423. The van der Waals surface area contributed by atoms with Gasteiger partial charge < -0.3 is 15.0 Å². The average molecular weight is 492 g/mol. The first-order chi connectivity index (χ1) is 17.3. The first-order valence-corrected chi connectivity index (χ1v) is 11.0. The second kappa shape index (κ2) is 9.21. The Hall–Kier alpha value is -4.60. The molecular formula is C26H19F3N4O3. The fraction of sp³-hybridized carbons (Fsp3) is 0.115. The minimum atomic E-state index is -4.93. The molecule has 1 aromatic heterocycles. The van der Waals surface area contributed by atoms with Gasteiger partial charge >= 0.3 is 6.36 Å². The number of hydrogen-bond donors (Lipinski definition) is 1. The van der Waals surface area contributed by atoms with Gasteiger partial charge in [0.15, 0.2) is 0 Å². The van der Waals surface area contributed by atoms with Gasteiger partial charge in [-0.1, -0.05) is 30.3 Å². The van der Waals surface area contributed by atoms with E-state index < -0.39 is 18.0 Å². The fourth-order valence-electron chi connectivity index (χ4n) is 4.05. The molecule has 4 aromatic rings. The number of alkyl halides is 3. The van der Waals surface area contributed by atoms with E-state index in [1.54, 1.807) is 23.2 Å². The highest BCUT2D eigenvalue weighted by atomic mass is 19.4. The molecule has 0 radical (unpaired) electrons. The SMILES string of the molecule is O=C(Nc1ccc(C(=O)N2Cc3ccnn3Cc3ccccc32)cc1)c1ccccc1OC(F)(F)F. The molecule has 0 fully saturated rings. The first kappa shape index (κ1) is 23.2. The lowest BCUT2D eigenvalue weighted by Gasteiger charge is -2.22. The number of rotatable bonds is 4. The number of nitrogens with zero attached hydrogens (tertiary/aromatic N) is 3. The summed E-state index contributed by atoms with van der Waals surface area (Å²) >= 11 is 0. The minimum Gasteiger partial charge on any atom is -0.405 e. The van der Waals surface area contributed by atoms with Crippen molar-refractivity contribution in [1.82, 2.24) is 9.78 Å². The topological polar surface area (TPSA) is 76.5 Å². The van der Waals surface area contributed by atoms with Gasteiger partial charge in [0.25, 0.3) is 11.8 Å². The third-order valence-electron chi connectivity index (χ3n) is 5.72. The van der Waals surface area contributed by atoms with E-state index in [4.69, 9.17) is 0 Å². The van der Waals surface area contributed by atoms with Crippen molar-refractivity contribution in [2.24, 2.45) is 0 Å². The molecule has 7 nitrogen and oxygen atoms in total. The molecule has 10 heteroatoms. The number of fused-ring (bicyclic) bond motifs is 2. The zero-order valence-electron chi connectivity index (χ0n) is 18.7. The maximum absolute atomic E-state index is 13.5. The molecule has 0 unspecified atom stereocenters. The molecule has 0 aliphatic carbocycles. The summed E-state index contributed by atoms with van der Waals surface area (Å²) in [5.41, 5.74) is 3.06. The van der Waals surface area contributed by atoms with Gasteiger partial charge in [0, 0.05) is 23.1 Å². The molecule has 3 aromatic carbocycles. The van der Waals surface area contributed by atoms with Gasteiger partial charge in [0.05, 0.1) is 24.3 Å². The van der Waals surface area contributed by atoms with Crippen molar-refractivity contribution in [3.63, 3.8) is 0 Å². The van der Waals surface area contributed by atoms with E-state index in [0.29, 0.717) is 24.3 Å². The van der Waals surface area contributed by atoms with Gasteiger partial charge in [-0.3, -0.25) is 14.3 Å². The van der Waals surface area contributed by atoms with Gasteiger partial charge in [-0.2, -0.15) is 5.10 Å². The highest BCUT2D eigenvalue weighted by molar-refractivity contribution is 6.08. The second-order valence-corrected chi connectivity index (χ2v) is 8.08. The van der Waals surface area contributed by atoms with Crippen LogP contribution in [0.15, 0.2) is 85.1 Å². The minimum absolute atomic E-state index is 0.237. The standard InChI is InChI=1S/C26H19F3N4O3/c27-26(28,29)36-23-8-4-2-6-21(23)24(34)31-19-11-9-17(10-12-19)25(35)32-16-20-13-14-30-33(20)15-18-5-1-3-7-22(18)32/h1-14H,15-16H2,(H,31,34). The number of para-hydroxylation sites is 2. The third-order valence-corrected chi connectivity index (χ3v) is 5.72. The number of nitrogens with one attached hydrogen (secondary N) is 1. The Kier molecular flexibility index (Phi) is 5.93. The second-order valence-electron chi connectivity index (χ2n) is 8.08. The monoisotopic (exact) mass is 492 g/mol. The van der Waals surface area contributed by atoms with E-state index in [1.165, 1.54) is 30.3 Å². The predicted molar refractivity (Wildman–Crippen MR) is 126 cm³/mol. The molecule has 5 rings (SSSR count). The van der Waals surface area contributed by atoms with E-state index >= 15 is 0 Å². The van der Waals surface area contributed by atoms with E-state index in [0.717, 1.165) is 23.0 Å². The Balaban J connectivity index is 1.36. The van der Waals surface area contributed by atoms with Crippen LogP contribution in [0.2, 0.25) is 0 Å². The largest absolute Gasteiger partial charge is 0.573 e. The van der Waals surface area contributed by atoms with Gasteiger partial charge in [-0.15, -0.1) is 13.2 Å². The number of ether oxygens (including phenoxy) is 1. The summed E-state index contributed by atoms with van der Waals surface area (Å²) < 4.78 is 43.8. The highest BCUT2D eigenvalue weighted by Crippen LogP contribution is 2.29. The van der Waals surface area contributed by atoms with Crippen LogP contribution in [0.3, 0.4) is 0 Å². The van der Waals surface area contributed by atoms with Crippen molar-refractivity contribution in [3.8, 4) is 5.75 Å². The zero-order valence-corrected chi connectivity index (χ0v) is 18.7. The zero-order chi connectivity index (χ0) is 25.3. The molecule has 1 N–H and O–H groups in total. The molecule has 0 spiro atoms. The predicted octanol–water partition coefficient (Wildman–Crippen LogP) is 5.24. The van der Waals surface area contributed by atoms with Crippen LogP contribution < -0.4 is 15.0 Å². The molecule has 0 atom stereocenters. The molecular weight excluding hydrogens is 473 g/mol. The van der Waals surface area contributed by atoms with Crippen molar-refractivity contribution in [2.75, 3.05) is 10.2 Å². The molecule has 0 bridgehead atoms. The van der Waals surface area contributed by atoms with Crippen molar-refractivity contribution in [1.29, 1.82) is 0 Å². The van der Waals surface area contributed by atoms with Gasteiger partial charge in [-0.25, -0.2) is 0 Å². The maximum Gasteiger partial charge on any atom is 0.573 e. The van der Waals surface area contributed by atoms with Crippen LogP contribution in [0.1, 0.15) is 32.0 Å². The Bertz CT molecular complexity index is 1430. The van der Waals surface area contributed by atoms with Gasteiger partial charge in [0.2, 0.25) is 0 Å². The summed E-state index contributed by atoms with van der Waals surface area (Å²) in [7, 11) is 0. The highest BCUT2D eigenvalue weighted by Gasteiger charge is 2.33. The third kappa shape index (κ3) is 4.78. The van der Waals surface area contributed by atoms with E-state index in [-0.39, 0.29) is 11.5 Å². The van der Waals surface area contributed by atoms with Crippen LogP contribution in [-0.4, -0.2) is 28.0 Å². The van der Waals surface area contributed by atoms with Crippen LogP contribution in [-0.2, 0) is 13.1 Å². The normalized spacial score (nSPS) is 12.8. The van der Waals surface area contributed by atoms with Crippen molar-refractivity contribution >= 4 is 23.2 Å². The van der Waals surface area contributed by atoms with Crippen molar-refractivity contribution in [3.05, 3.63) is 107 Å². The molecule has 36 heavy (non-hydrogen) atoms. The van der Waals surface area contributed by atoms with Crippen LogP contribution in [0, 0.1) is 0 Å². The Labute approximate surface area is 203 Å². The van der Waals surface area contributed by atoms with Crippen molar-refractivity contribution < 1.29 is 27.5 Å². The molecule has 182 valence electrons. The summed E-state index contributed by atoms with van der Waals surface area (Å²) in [6.07, 6.45) is -3.23. The van der Waals surface area contributed by atoms with E-state index in [9.17, 15) is 22.8 Å². The van der Waals surface area contributed by atoms with Gasteiger partial charge in [-0.05, 0) is 54.1 Å². The summed E-state index contributed by atoms with van der Waals surface area (Å²) in [5.74, 6) is -1.61. The number of benzene rings is 3. The molecule has 1 aliphatic rings. The molecule has 2 amide bonds. The van der Waals surface area contributed by atoms with Gasteiger partial charge in [0.1, 0.15) is 5.75 Å². The molecule has 1 aliphatic heterocycles. The van der Waals surface area contributed by atoms with Crippen LogP contribution in [0.4, 0.5) is 24.5 Å². The molecule has 0 saturated carbocycles. The number of carbonyl (C=O) groups is 2. The van der Waals surface area contributed by atoms with Crippen LogP contribution in [0.25, 0.3) is 0 Å². The number of aromatic nitrogens is 2.